The van der Waals surface area contributed by atoms with Crippen molar-refractivity contribution in [2.24, 2.45) is 0 Å². The van der Waals surface area contributed by atoms with Crippen LogP contribution in [-0.4, -0.2) is 31.5 Å². The molecule has 2 heterocycles. The summed E-state index contributed by atoms with van der Waals surface area (Å²) in [5, 5.41) is 26.5. The highest BCUT2D eigenvalue weighted by Crippen LogP contribution is 2.25. The first-order valence-corrected chi connectivity index (χ1v) is 10.1. The Hall–Kier alpha value is -4.32. The average molecular weight is 489 g/mol. The maximum atomic E-state index is 11.7. The summed E-state index contributed by atoms with van der Waals surface area (Å²) in [6.07, 6.45) is 2.31. The van der Waals surface area contributed by atoms with E-state index in [1.807, 2.05) is 0 Å². The van der Waals surface area contributed by atoms with Crippen LogP contribution >= 0.6 is 11.6 Å². The second kappa shape index (κ2) is 11.5. The third kappa shape index (κ3) is 8.31. The van der Waals surface area contributed by atoms with Gasteiger partial charge >= 0.3 is 17.5 Å². The van der Waals surface area contributed by atoms with Crippen LogP contribution in [0.25, 0.3) is 0 Å². The number of carbonyl (C=O) groups excluding carboxylic acids is 1. The lowest BCUT2D eigenvalue weighted by Crippen LogP contribution is -2.27. The van der Waals surface area contributed by atoms with E-state index in [0.717, 1.165) is 0 Å². The molecule has 0 saturated heterocycles. The van der Waals surface area contributed by atoms with Crippen molar-refractivity contribution in [1.29, 1.82) is 0 Å². The Morgan fingerprint density at radius 2 is 1.44 bits per heavy atom. The predicted octanol–water partition coefficient (Wildman–Crippen LogP) is 5.72. The van der Waals surface area contributed by atoms with Gasteiger partial charge < -0.3 is 10.1 Å². The van der Waals surface area contributed by atoms with E-state index in [4.69, 9.17) is 16.3 Å². The van der Waals surface area contributed by atoms with E-state index in [0.29, 0.717) is 11.4 Å². The standard InChI is InChI=1S/C16H18N4O4.C5H3ClN2O2/c1-16(2,3)24-15(21)19-12-8-6-11(7-9-12)18-14-13(20(22)23)5-4-10-17-14;6-5-4(8(9)10)2-1-3-7-5/h4-10H,1-3H3,(H,17,18)(H,19,21);1-3H. The molecule has 0 aliphatic carbocycles. The van der Waals surface area contributed by atoms with Crippen molar-refractivity contribution in [2.75, 3.05) is 10.6 Å². The van der Waals surface area contributed by atoms with Crippen molar-refractivity contribution in [3.8, 4) is 0 Å². The Morgan fingerprint density at radius 1 is 0.912 bits per heavy atom. The Labute approximate surface area is 199 Å². The lowest BCUT2D eigenvalue weighted by molar-refractivity contribution is -0.385. The second-order valence-corrected chi connectivity index (χ2v) is 7.89. The number of rotatable bonds is 5. The second-order valence-electron chi connectivity index (χ2n) is 7.53. The van der Waals surface area contributed by atoms with Gasteiger partial charge in [-0.25, -0.2) is 14.8 Å². The van der Waals surface area contributed by atoms with Gasteiger partial charge in [0.2, 0.25) is 11.0 Å². The Bertz CT molecular complexity index is 1170. The van der Waals surface area contributed by atoms with Gasteiger partial charge in [0.1, 0.15) is 5.60 Å². The summed E-state index contributed by atoms with van der Waals surface area (Å²) in [6, 6.07) is 12.3. The SMILES string of the molecule is CC(C)(C)OC(=O)Nc1ccc(Nc2ncccc2[N+](=O)[O-])cc1.O=[N+]([O-])c1cccnc1Cl. The van der Waals surface area contributed by atoms with E-state index in [1.54, 1.807) is 45.0 Å². The van der Waals surface area contributed by atoms with Crippen molar-refractivity contribution in [3.63, 3.8) is 0 Å². The quantitative estimate of drug-likeness (QED) is 0.259. The van der Waals surface area contributed by atoms with Crippen LogP contribution in [0.15, 0.2) is 60.9 Å². The number of anilines is 3. The fourth-order valence-corrected chi connectivity index (χ4v) is 2.54. The molecule has 0 unspecified atom stereocenters. The maximum Gasteiger partial charge on any atom is 0.412 e. The number of hydrogen-bond donors (Lipinski definition) is 2. The molecule has 0 atom stereocenters. The van der Waals surface area contributed by atoms with Crippen LogP contribution in [0.1, 0.15) is 20.8 Å². The lowest BCUT2D eigenvalue weighted by atomic mass is 10.2. The molecule has 2 N–H and O–H groups in total. The highest BCUT2D eigenvalue weighted by molar-refractivity contribution is 6.31. The molecule has 0 spiro atoms. The summed E-state index contributed by atoms with van der Waals surface area (Å²) in [7, 11) is 0. The van der Waals surface area contributed by atoms with E-state index < -0.39 is 21.5 Å². The molecule has 34 heavy (non-hydrogen) atoms. The number of benzene rings is 1. The number of nitrogens with zero attached hydrogens (tertiary/aromatic N) is 4. The van der Waals surface area contributed by atoms with E-state index in [1.165, 1.54) is 36.7 Å². The summed E-state index contributed by atoms with van der Waals surface area (Å²) >= 11 is 5.37. The summed E-state index contributed by atoms with van der Waals surface area (Å²) in [6.45, 7) is 5.33. The number of nitro groups is 2. The van der Waals surface area contributed by atoms with Crippen molar-refractivity contribution in [2.45, 2.75) is 26.4 Å². The van der Waals surface area contributed by atoms with Crippen LogP contribution in [0.3, 0.4) is 0 Å². The third-order valence-corrected chi connectivity index (χ3v) is 4.00. The minimum absolute atomic E-state index is 0.0764. The van der Waals surface area contributed by atoms with Crippen molar-refractivity contribution in [3.05, 3.63) is 86.3 Å². The molecular formula is C21H21ClN6O6. The van der Waals surface area contributed by atoms with Crippen LogP contribution in [0.4, 0.5) is 33.4 Å². The third-order valence-electron chi connectivity index (χ3n) is 3.71. The Morgan fingerprint density at radius 3 is 1.94 bits per heavy atom. The van der Waals surface area contributed by atoms with Gasteiger partial charge in [-0.2, -0.15) is 0 Å². The van der Waals surface area contributed by atoms with Crippen LogP contribution in [0.2, 0.25) is 5.15 Å². The fourth-order valence-electron chi connectivity index (χ4n) is 2.35. The molecule has 3 aromatic rings. The number of pyridine rings is 2. The molecular weight excluding hydrogens is 468 g/mol. The minimum Gasteiger partial charge on any atom is -0.444 e. The van der Waals surface area contributed by atoms with Gasteiger partial charge in [0.25, 0.3) is 0 Å². The first-order valence-electron chi connectivity index (χ1n) is 9.67. The topological polar surface area (TPSA) is 162 Å². The monoisotopic (exact) mass is 488 g/mol. The van der Waals surface area contributed by atoms with Crippen LogP contribution in [0.5, 0.6) is 0 Å². The van der Waals surface area contributed by atoms with E-state index in [-0.39, 0.29) is 22.3 Å². The predicted molar refractivity (Wildman–Crippen MR) is 126 cm³/mol. The summed E-state index contributed by atoms with van der Waals surface area (Å²) in [5.74, 6) is 0.148. The lowest BCUT2D eigenvalue weighted by Gasteiger charge is -2.19. The molecule has 2 aromatic heterocycles. The van der Waals surface area contributed by atoms with Crippen LogP contribution in [0, 0.1) is 20.2 Å². The zero-order valence-corrected chi connectivity index (χ0v) is 19.1. The summed E-state index contributed by atoms with van der Waals surface area (Å²) in [4.78, 5) is 39.2. The van der Waals surface area contributed by atoms with E-state index >= 15 is 0 Å². The Kier molecular flexibility index (Phi) is 8.79. The van der Waals surface area contributed by atoms with Gasteiger partial charge in [-0.05, 0) is 57.2 Å². The molecule has 178 valence electrons. The molecule has 3 rings (SSSR count). The van der Waals surface area contributed by atoms with Gasteiger partial charge in [0.15, 0.2) is 0 Å². The average Bonchev–Trinajstić information content (AvgIpc) is 2.74. The van der Waals surface area contributed by atoms with Crippen LogP contribution in [-0.2, 0) is 4.74 Å². The van der Waals surface area contributed by atoms with Crippen LogP contribution < -0.4 is 10.6 Å². The first kappa shape index (κ1) is 25.9. The highest BCUT2D eigenvalue weighted by Gasteiger charge is 2.17. The molecule has 1 amide bonds. The van der Waals surface area contributed by atoms with Gasteiger partial charge in [0, 0.05) is 35.9 Å². The number of nitrogens with one attached hydrogen (secondary N) is 2. The van der Waals surface area contributed by atoms with Gasteiger partial charge in [-0.3, -0.25) is 25.5 Å². The van der Waals surface area contributed by atoms with E-state index in [9.17, 15) is 25.0 Å². The number of carbonyl (C=O) groups is 1. The molecule has 0 fully saturated rings. The molecule has 12 nitrogen and oxygen atoms in total. The molecule has 0 bridgehead atoms. The van der Waals surface area contributed by atoms with Crippen molar-refractivity contribution >= 4 is 46.3 Å². The molecule has 1 aromatic carbocycles. The number of hydrogen-bond acceptors (Lipinski definition) is 9. The number of aromatic nitrogens is 2. The van der Waals surface area contributed by atoms with Crippen molar-refractivity contribution in [1.82, 2.24) is 9.97 Å². The highest BCUT2D eigenvalue weighted by atomic mass is 35.5. The molecule has 0 aliphatic heterocycles. The summed E-state index contributed by atoms with van der Waals surface area (Å²) < 4.78 is 5.16. The van der Waals surface area contributed by atoms with Gasteiger partial charge in [0.05, 0.1) is 9.85 Å². The number of halogens is 1. The first-order chi connectivity index (χ1) is 16.0. The zero-order chi connectivity index (χ0) is 25.3. The van der Waals surface area contributed by atoms with Crippen molar-refractivity contribution < 1.29 is 19.4 Å². The molecule has 13 heteroatoms. The number of ether oxygens (including phenoxy) is 1. The smallest absolute Gasteiger partial charge is 0.412 e. The maximum absolute atomic E-state index is 11.7. The zero-order valence-electron chi connectivity index (χ0n) is 18.4. The van der Waals surface area contributed by atoms with Gasteiger partial charge in [-0.1, -0.05) is 11.6 Å². The molecule has 0 radical (unpaired) electrons. The fraction of sp³-hybridized carbons (Fsp3) is 0.190. The largest absolute Gasteiger partial charge is 0.444 e. The Balaban J connectivity index is 0.000000340. The molecule has 0 aliphatic rings. The number of amides is 1. The minimum atomic E-state index is -0.580. The molecule has 0 saturated carbocycles. The summed E-state index contributed by atoms with van der Waals surface area (Å²) in [5.41, 5.74) is 0.290. The van der Waals surface area contributed by atoms with Gasteiger partial charge in [-0.15, -0.1) is 0 Å². The normalized spacial score (nSPS) is 10.4. The van der Waals surface area contributed by atoms with E-state index in [2.05, 4.69) is 20.6 Å².